The van der Waals surface area contributed by atoms with Gasteiger partial charge in [-0.05, 0) is 12.1 Å². The zero-order chi connectivity index (χ0) is 14.9. The summed E-state index contributed by atoms with van der Waals surface area (Å²) in [6.07, 6.45) is 1.24. The van der Waals surface area contributed by atoms with Crippen LogP contribution in [0, 0.1) is 11.3 Å². The van der Waals surface area contributed by atoms with E-state index in [1.807, 2.05) is 6.07 Å². The molecule has 0 saturated heterocycles. The van der Waals surface area contributed by atoms with Crippen LogP contribution in [0.4, 0.5) is 0 Å². The molecule has 0 spiro atoms. The van der Waals surface area contributed by atoms with Gasteiger partial charge < -0.3 is 15.8 Å². The molecule has 0 aliphatic carbocycles. The molecule has 0 aliphatic heterocycles. The molecule has 0 fully saturated rings. The van der Waals surface area contributed by atoms with Crippen LogP contribution in [-0.2, 0) is 4.79 Å². The van der Waals surface area contributed by atoms with Crippen molar-refractivity contribution in [2.45, 2.75) is 41.0 Å². The Balaban J connectivity index is 0. The van der Waals surface area contributed by atoms with Crippen LogP contribution < -0.4 is 34.3 Å². The van der Waals surface area contributed by atoms with Gasteiger partial charge in [0.2, 0.25) is 0 Å². The van der Waals surface area contributed by atoms with Crippen molar-refractivity contribution in [3.8, 4) is 5.75 Å². The maximum atomic E-state index is 10.0. The van der Waals surface area contributed by atoms with Crippen molar-refractivity contribution >= 4 is 5.97 Å². The Labute approximate surface area is 145 Å². The number of ether oxygens (including phenoxy) is 1. The van der Waals surface area contributed by atoms with E-state index in [9.17, 15) is 4.79 Å². The molecule has 0 saturated carbocycles. The van der Waals surface area contributed by atoms with Gasteiger partial charge >= 0.3 is 35.5 Å². The predicted molar refractivity (Wildman–Crippen MR) is 78.2 cm³/mol. The van der Waals surface area contributed by atoms with Gasteiger partial charge in [-0.15, -0.1) is 0 Å². The van der Waals surface area contributed by atoms with Crippen LogP contribution >= 0.6 is 0 Å². The van der Waals surface area contributed by atoms with Gasteiger partial charge in [0.15, 0.2) is 6.61 Å². The van der Waals surface area contributed by atoms with Crippen LogP contribution in [0.1, 0.15) is 41.0 Å². The smallest absolute Gasteiger partial charge is 0.482 e. The van der Waals surface area contributed by atoms with Gasteiger partial charge in [0.25, 0.3) is 0 Å². The first-order chi connectivity index (χ1) is 8.70. The summed E-state index contributed by atoms with van der Waals surface area (Å²) in [5.41, 5.74) is 0.485. The quantitative estimate of drug-likeness (QED) is 0.669. The van der Waals surface area contributed by atoms with Crippen LogP contribution in [0.2, 0.25) is 0 Å². The van der Waals surface area contributed by atoms with Crippen LogP contribution in [0.25, 0.3) is 0 Å². The van der Waals surface area contributed by atoms with E-state index in [0.29, 0.717) is 11.2 Å². The van der Waals surface area contributed by atoms with Gasteiger partial charge in [-0.3, -0.25) is 0 Å². The second-order valence-electron chi connectivity index (χ2n) is 5.94. The molecule has 0 unspecified atom stereocenters. The van der Waals surface area contributed by atoms with E-state index in [-0.39, 0.29) is 36.2 Å². The molecule has 1 aromatic carbocycles. The van der Waals surface area contributed by atoms with Gasteiger partial charge in [-0.1, -0.05) is 44.4 Å². The minimum absolute atomic E-state index is 0. The van der Waals surface area contributed by atoms with Crippen LogP contribution in [-0.4, -0.2) is 17.7 Å². The van der Waals surface area contributed by atoms with Crippen molar-refractivity contribution in [2.24, 2.45) is 5.41 Å². The molecular formula is C16H25NaO3. The summed E-state index contributed by atoms with van der Waals surface area (Å²) in [6.45, 7) is 10.9. The zero-order valence-electron chi connectivity index (χ0n) is 13.6. The molecule has 0 radical (unpaired) electrons. The first kappa shape index (κ1) is 21.8. The Morgan fingerprint density at radius 2 is 1.70 bits per heavy atom. The van der Waals surface area contributed by atoms with E-state index < -0.39 is 5.97 Å². The molecule has 0 heterocycles. The molecular weight excluding hydrogens is 263 g/mol. The zero-order valence-corrected chi connectivity index (χ0v) is 15.6. The molecule has 1 N–H and O–H groups in total. The summed E-state index contributed by atoms with van der Waals surface area (Å²) in [7, 11) is 0. The van der Waals surface area contributed by atoms with Crippen molar-refractivity contribution in [1.82, 2.24) is 0 Å². The van der Waals surface area contributed by atoms with Crippen LogP contribution in [0.3, 0.4) is 0 Å². The monoisotopic (exact) mass is 288 g/mol. The van der Waals surface area contributed by atoms with Crippen LogP contribution in [0.15, 0.2) is 30.3 Å². The van der Waals surface area contributed by atoms with E-state index in [1.165, 1.54) is 12.3 Å². The number of carbonyl (C=O) groups is 1. The van der Waals surface area contributed by atoms with Gasteiger partial charge in [-0.2, -0.15) is 20.3 Å². The van der Waals surface area contributed by atoms with Crippen LogP contribution in [0.5, 0.6) is 5.75 Å². The van der Waals surface area contributed by atoms with Gasteiger partial charge in [0, 0.05) is 0 Å². The van der Waals surface area contributed by atoms with Crippen molar-refractivity contribution in [2.75, 3.05) is 6.61 Å². The van der Waals surface area contributed by atoms with Crippen molar-refractivity contribution in [3.63, 3.8) is 0 Å². The Hall–Kier alpha value is -0.510. The van der Waals surface area contributed by atoms with E-state index in [4.69, 9.17) is 9.84 Å². The fourth-order valence-electron chi connectivity index (χ4n) is 1.72. The summed E-state index contributed by atoms with van der Waals surface area (Å²) in [4.78, 5) is 10.0. The maximum Gasteiger partial charge on any atom is 1.00 e. The van der Waals surface area contributed by atoms with E-state index in [1.54, 1.807) is 24.3 Å². The summed E-state index contributed by atoms with van der Waals surface area (Å²) in [5.74, 6) is 1.14. The van der Waals surface area contributed by atoms with Crippen molar-refractivity contribution in [3.05, 3.63) is 36.2 Å². The van der Waals surface area contributed by atoms with Gasteiger partial charge in [-0.25, -0.2) is 4.79 Å². The van der Waals surface area contributed by atoms with Gasteiger partial charge in [0.1, 0.15) is 5.75 Å². The Bertz CT molecular complexity index is 356. The summed E-state index contributed by atoms with van der Waals surface area (Å²) < 4.78 is 4.87. The number of aliphatic carboxylic acids is 1. The molecule has 0 aromatic heterocycles. The maximum absolute atomic E-state index is 10.0. The van der Waals surface area contributed by atoms with Crippen molar-refractivity contribution < 1.29 is 44.2 Å². The molecule has 0 amide bonds. The molecule has 1 aromatic rings. The van der Waals surface area contributed by atoms with E-state index in [2.05, 4.69) is 34.6 Å². The first-order valence-corrected chi connectivity index (χ1v) is 6.39. The molecule has 0 bridgehead atoms. The summed E-state index contributed by atoms with van der Waals surface area (Å²) in [6, 6.07) is 8.84. The topological polar surface area (TPSA) is 46.5 Å². The minimum atomic E-state index is -0.964. The Morgan fingerprint density at radius 1 is 1.20 bits per heavy atom. The van der Waals surface area contributed by atoms with Gasteiger partial charge in [0.05, 0.1) is 0 Å². The molecule has 0 aliphatic rings. The van der Waals surface area contributed by atoms with Crippen molar-refractivity contribution in [1.29, 1.82) is 0 Å². The molecule has 108 valence electrons. The minimum Gasteiger partial charge on any atom is -0.482 e. The standard InChI is InChI=1S/C8H8O3.C8H17.Na/c9-8(10)6-11-7-4-2-1-3-5-7;1-7(2)6-8(3,4)5;/h1-5H,6H2,(H,9,10);6H2,1-5H3;/q;-1;+1. The number of rotatable bonds is 4. The summed E-state index contributed by atoms with van der Waals surface area (Å²) >= 11 is 0. The Morgan fingerprint density at radius 3 is 2.00 bits per heavy atom. The molecule has 20 heavy (non-hydrogen) atoms. The molecule has 1 rings (SSSR count). The third kappa shape index (κ3) is 15.5. The SMILES string of the molecule is C[C-](C)CC(C)(C)C.O=C(O)COc1ccccc1.[Na+]. The molecule has 0 atom stereocenters. The average molecular weight is 288 g/mol. The second-order valence-corrected chi connectivity index (χ2v) is 5.94. The second kappa shape index (κ2) is 11.2. The first-order valence-electron chi connectivity index (χ1n) is 6.39. The normalized spacial score (nSPS) is 10.1. The average Bonchev–Trinajstić information content (AvgIpc) is 2.25. The number of hydrogen-bond acceptors (Lipinski definition) is 2. The Kier molecular flexibility index (Phi) is 12.2. The number of carboxylic acids is 1. The number of para-hydroxylation sites is 1. The summed E-state index contributed by atoms with van der Waals surface area (Å²) in [5, 5.41) is 8.25. The molecule has 4 heteroatoms. The largest absolute Gasteiger partial charge is 1.00 e. The predicted octanol–water partition coefficient (Wildman–Crippen LogP) is 1.19. The fourth-order valence-corrected chi connectivity index (χ4v) is 1.72. The third-order valence-corrected chi connectivity index (χ3v) is 1.99. The third-order valence-electron chi connectivity index (χ3n) is 1.99. The number of hydrogen-bond donors (Lipinski definition) is 1. The number of carboxylic acid groups (broad SMARTS) is 1. The molecule has 3 nitrogen and oxygen atoms in total. The van der Waals surface area contributed by atoms with E-state index >= 15 is 0 Å². The number of benzene rings is 1. The fraction of sp³-hybridized carbons (Fsp3) is 0.500. The van der Waals surface area contributed by atoms with E-state index in [0.717, 1.165) is 0 Å².